The highest BCUT2D eigenvalue weighted by molar-refractivity contribution is 5.94. The van der Waals surface area contributed by atoms with E-state index in [0.717, 1.165) is 31.5 Å². The summed E-state index contributed by atoms with van der Waals surface area (Å²) in [5.41, 5.74) is 0.645. The van der Waals surface area contributed by atoms with Gasteiger partial charge in [-0.2, -0.15) is 0 Å². The molecule has 0 aliphatic carbocycles. The molecule has 3 saturated heterocycles. The summed E-state index contributed by atoms with van der Waals surface area (Å²) in [6.07, 6.45) is 2.68. The Morgan fingerprint density at radius 3 is 2.64 bits per heavy atom. The first-order chi connectivity index (χ1) is 11.9. The number of aromatic amines is 1. The molecular formula is C19H27N3O3. The van der Waals surface area contributed by atoms with Crippen LogP contribution in [-0.4, -0.2) is 52.3 Å². The van der Waals surface area contributed by atoms with Crippen LogP contribution in [0.3, 0.4) is 0 Å². The number of carbonyl (C=O) groups excluding carboxylic acids is 2. The first-order valence-corrected chi connectivity index (χ1v) is 9.25. The molecule has 1 aromatic rings. The minimum absolute atomic E-state index is 0.0733. The van der Waals surface area contributed by atoms with E-state index in [1.807, 2.05) is 18.7 Å². The van der Waals surface area contributed by atoms with Gasteiger partial charge in [-0.1, -0.05) is 20.8 Å². The summed E-state index contributed by atoms with van der Waals surface area (Å²) in [5, 5.41) is 0. The number of fused-ring (bicyclic) bond motifs is 4. The maximum Gasteiger partial charge on any atom is 0.261 e. The molecule has 0 aromatic carbocycles. The van der Waals surface area contributed by atoms with Gasteiger partial charge < -0.3 is 14.8 Å². The van der Waals surface area contributed by atoms with Crippen molar-refractivity contribution >= 4 is 11.8 Å². The van der Waals surface area contributed by atoms with Gasteiger partial charge in [0.1, 0.15) is 5.56 Å². The van der Waals surface area contributed by atoms with Crippen molar-refractivity contribution in [3.05, 3.63) is 33.7 Å². The summed E-state index contributed by atoms with van der Waals surface area (Å²) in [5.74, 6) is -0.0357. The first-order valence-electron chi connectivity index (χ1n) is 9.25. The molecular weight excluding hydrogens is 318 g/mol. The Balaban J connectivity index is 1.84. The van der Waals surface area contributed by atoms with Crippen LogP contribution in [0.4, 0.5) is 0 Å². The molecule has 6 nitrogen and oxygen atoms in total. The Kier molecular flexibility index (Phi) is 4.97. The molecule has 2 amide bonds. The second-order valence-corrected chi connectivity index (χ2v) is 7.48. The fourth-order valence-electron chi connectivity index (χ4n) is 3.91. The highest BCUT2D eigenvalue weighted by Gasteiger charge is 2.41. The highest BCUT2D eigenvalue weighted by Crippen LogP contribution is 2.29. The van der Waals surface area contributed by atoms with Gasteiger partial charge >= 0.3 is 0 Å². The lowest BCUT2D eigenvalue weighted by molar-refractivity contribution is -0.139. The molecule has 3 aliphatic heterocycles. The third kappa shape index (κ3) is 3.34. The van der Waals surface area contributed by atoms with Crippen LogP contribution in [0, 0.1) is 5.92 Å². The van der Waals surface area contributed by atoms with Crippen molar-refractivity contribution in [3.8, 4) is 0 Å². The molecule has 0 spiro atoms. The molecule has 136 valence electrons. The van der Waals surface area contributed by atoms with Gasteiger partial charge in [0, 0.05) is 31.4 Å². The minimum Gasteiger partial charge on any atom is -0.338 e. The van der Waals surface area contributed by atoms with E-state index in [1.165, 1.54) is 0 Å². The van der Waals surface area contributed by atoms with Crippen LogP contribution in [0.15, 0.2) is 16.9 Å². The number of hydrogen-bond donors (Lipinski definition) is 1. The van der Waals surface area contributed by atoms with Crippen LogP contribution in [0.5, 0.6) is 0 Å². The summed E-state index contributed by atoms with van der Waals surface area (Å²) < 4.78 is 0. The number of piperidine rings is 1. The Labute approximate surface area is 148 Å². The molecule has 3 fully saturated rings. The third-order valence-corrected chi connectivity index (χ3v) is 5.33. The van der Waals surface area contributed by atoms with E-state index in [-0.39, 0.29) is 40.8 Å². The maximum absolute atomic E-state index is 12.9. The number of nitrogens with one attached hydrogen (secondary N) is 1. The Morgan fingerprint density at radius 2 is 2.00 bits per heavy atom. The topological polar surface area (TPSA) is 73.5 Å². The third-order valence-electron chi connectivity index (χ3n) is 5.33. The van der Waals surface area contributed by atoms with Crippen LogP contribution < -0.4 is 5.56 Å². The molecule has 4 heterocycles. The van der Waals surface area contributed by atoms with Gasteiger partial charge in [0.25, 0.3) is 11.5 Å². The van der Waals surface area contributed by atoms with Crippen molar-refractivity contribution in [2.45, 2.75) is 52.0 Å². The zero-order chi connectivity index (χ0) is 18.1. The molecule has 4 rings (SSSR count). The zero-order valence-electron chi connectivity index (χ0n) is 15.2. The summed E-state index contributed by atoms with van der Waals surface area (Å²) in [4.78, 5) is 44.3. The lowest BCUT2D eigenvalue weighted by atomic mass is 9.94. The largest absolute Gasteiger partial charge is 0.338 e. The van der Waals surface area contributed by atoms with Crippen molar-refractivity contribution in [2.75, 3.05) is 19.6 Å². The summed E-state index contributed by atoms with van der Waals surface area (Å²) in [7, 11) is 0. The minimum atomic E-state index is -0.343. The average molecular weight is 345 g/mol. The molecule has 1 N–H and O–H groups in total. The van der Waals surface area contributed by atoms with Crippen molar-refractivity contribution < 1.29 is 9.59 Å². The second-order valence-electron chi connectivity index (χ2n) is 7.48. The van der Waals surface area contributed by atoms with E-state index in [2.05, 4.69) is 11.9 Å². The van der Waals surface area contributed by atoms with Crippen LogP contribution in [0.2, 0.25) is 0 Å². The number of rotatable bonds is 4. The standard InChI is InChI=1S/C19H27N3O3/c1-4-9-22-14-6-5-13(18(22)24)10-21(11-14)19(25)15-7-8-16(12(2)3)20-17(15)23/h7-8,12-14H,4-6,9-11H2,1-3H3,(H,20,23). The van der Waals surface area contributed by atoms with E-state index in [1.54, 1.807) is 17.0 Å². The quantitative estimate of drug-likeness (QED) is 0.907. The SMILES string of the molecule is CCCN1C(=O)C2CCC1CN(C(=O)c1ccc(C(C)C)[nH]c1=O)C2. The number of nitrogens with zero attached hydrogens (tertiary/aromatic N) is 2. The maximum atomic E-state index is 12.9. The fourth-order valence-corrected chi connectivity index (χ4v) is 3.91. The Hall–Kier alpha value is -2.11. The predicted octanol–water partition coefficient (Wildman–Crippen LogP) is 1.97. The lowest BCUT2D eigenvalue weighted by Crippen LogP contribution is -2.48. The van der Waals surface area contributed by atoms with E-state index in [9.17, 15) is 14.4 Å². The number of hydrogen-bond acceptors (Lipinski definition) is 3. The van der Waals surface area contributed by atoms with Crippen LogP contribution in [0.1, 0.15) is 62.0 Å². The van der Waals surface area contributed by atoms with E-state index < -0.39 is 0 Å². The monoisotopic (exact) mass is 345 g/mol. The van der Waals surface area contributed by atoms with Gasteiger partial charge in [0.15, 0.2) is 0 Å². The number of pyridine rings is 1. The van der Waals surface area contributed by atoms with Gasteiger partial charge in [-0.05, 0) is 37.3 Å². The van der Waals surface area contributed by atoms with Crippen molar-refractivity contribution in [2.24, 2.45) is 5.92 Å². The Morgan fingerprint density at radius 1 is 1.24 bits per heavy atom. The average Bonchev–Trinajstić information content (AvgIpc) is 2.87. The van der Waals surface area contributed by atoms with Gasteiger partial charge in [-0.15, -0.1) is 0 Å². The molecule has 2 unspecified atom stereocenters. The summed E-state index contributed by atoms with van der Waals surface area (Å²) in [6.45, 7) is 7.73. The van der Waals surface area contributed by atoms with Gasteiger partial charge in [0.2, 0.25) is 5.91 Å². The normalized spacial score (nSPS) is 23.3. The molecule has 25 heavy (non-hydrogen) atoms. The number of amides is 2. The lowest BCUT2D eigenvalue weighted by Gasteiger charge is -2.35. The van der Waals surface area contributed by atoms with Gasteiger partial charge in [0.05, 0.1) is 5.92 Å². The number of carbonyl (C=O) groups is 2. The van der Waals surface area contributed by atoms with Gasteiger partial charge in [-0.25, -0.2) is 0 Å². The van der Waals surface area contributed by atoms with E-state index in [0.29, 0.717) is 13.1 Å². The molecule has 0 radical (unpaired) electrons. The van der Waals surface area contributed by atoms with E-state index in [4.69, 9.17) is 0 Å². The van der Waals surface area contributed by atoms with Crippen LogP contribution in [0.25, 0.3) is 0 Å². The summed E-state index contributed by atoms with van der Waals surface area (Å²) in [6, 6.07) is 3.50. The van der Waals surface area contributed by atoms with Gasteiger partial charge in [-0.3, -0.25) is 14.4 Å². The molecule has 1 aromatic heterocycles. The number of aromatic nitrogens is 1. The predicted molar refractivity (Wildman–Crippen MR) is 95.6 cm³/mol. The first kappa shape index (κ1) is 17.7. The molecule has 3 aliphatic rings. The van der Waals surface area contributed by atoms with E-state index >= 15 is 0 Å². The number of H-pyrrole nitrogens is 1. The molecule has 6 heteroatoms. The second kappa shape index (κ2) is 7.02. The van der Waals surface area contributed by atoms with Crippen LogP contribution in [-0.2, 0) is 4.79 Å². The zero-order valence-corrected chi connectivity index (χ0v) is 15.2. The molecule has 0 saturated carbocycles. The van der Waals surface area contributed by atoms with Crippen LogP contribution >= 0.6 is 0 Å². The van der Waals surface area contributed by atoms with Crippen molar-refractivity contribution in [1.82, 2.24) is 14.8 Å². The highest BCUT2D eigenvalue weighted by atomic mass is 16.2. The fraction of sp³-hybridized carbons (Fsp3) is 0.632. The molecule has 2 atom stereocenters. The van der Waals surface area contributed by atoms with Crippen molar-refractivity contribution in [3.63, 3.8) is 0 Å². The molecule has 2 bridgehead atoms. The van der Waals surface area contributed by atoms with Crippen molar-refractivity contribution in [1.29, 1.82) is 0 Å². The Bertz CT molecular complexity index is 725. The summed E-state index contributed by atoms with van der Waals surface area (Å²) >= 11 is 0. The smallest absolute Gasteiger partial charge is 0.261 e.